The van der Waals surface area contributed by atoms with Crippen LogP contribution < -0.4 is 4.90 Å². The third-order valence-electron chi connectivity index (χ3n) is 4.10. The van der Waals surface area contributed by atoms with Crippen LogP contribution in [-0.4, -0.2) is 60.8 Å². The number of carbonyl (C=O) groups excluding carboxylic acids is 1. The zero-order valence-corrected chi connectivity index (χ0v) is 14.0. The normalized spacial score (nSPS) is 17.8. The lowest BCUT2D eigenvalue weighted by Crippen LogP contribution is -2.45. The molecule has 1 saturated heterocycles. The van der Waals surface area contributed by atoms with Crippen molar-refractivity contribution >= 4 is 11.7 Å². The van der Waals surface area contributed by atoms with Gasteiger partial charge < -0.3 is 19.1 Å². The van der Waals surface area contributed by atoms with Crippen LogP contribution in [0.2, 0.25) is 0 Å². The highest BCUT2D eigenvalue weighted by Crippen LogP contribution is 2.16. The molecule has 0 saturated carbocycles. The fraction of sp³-hybridized carbons (Fsp3) is 0.471. The Morgan fingerprint density at radius 3 is 3.00 bits per heavy atom. The van der Waals surface area contributed by atoms with Gasteiger partial charge in [0.15, 0.2) is 0 Å². The molecule has 7 nitrogen and oxygen atoms in total. The van der Waals surface area contributed by atoms with Gasteiger partial charge in [-0.05, 0) is 30.5 Å². The number of rotatable bonds is 5. The van der Waals surface area contributed by atoms with Crippen molar-refractivity contribution in [2.45, 2.75) is 18.9 Å². The Kier molecular flexibility index (Phi) is 5.10. The molecule has 1 atom stereocenters. The van der Waals surface area contributed by atoms with Gasteiger partial charge in [0.05, 0.1) is 18.9 Å². The molecular weight excluding hydrogens is 308 g/mol. The molecule has 3 rings (SSSR count). The zero-order valence-electron chi connectivity index (χ0n) is 14.0. The molecule has 7 heteroatoms. The molecule has 128 valence electrons. The van der Waals surface area contributed by atoms with Crippen LogP contribution in [-0.2, 0) is 11.2 Å². The number of hydrogen-bond acceptors (Lipinski definition) is 6. The zero-order chi connectivity index (χ0) is 16.9. The van der Waals surface area contributed by atoms with Crippen molar-refractivity contribution in [3.05, 3.63) is 41.9 Å². The van der Waals surface area contributed by atoms with Crippen molar-refractivity contribution in [1.82, 2.24) is 15.0 Å². The van der Waals surface area contributed by atoms with E-state index >= 15 is 0 Å². The van der Waals surface area contributed by atoms with Crippen molar-refractivity contribution in [2.75, 3.05) is 38.7 Å². The number of carbonyl (C=O) groups is 1. The van der Waals surface area contributed by atoms with E-state index in [4.69, 9.17) is 9.26 Å². The first-order valence-electron chi connectivity index (χ1n) is 8.07. The Bertz CT molecular complexity index is 672. The number of nitrogens with zero attached hydrogens (tertiary/aromatic N) is 4. The molecule has 1 unspecified atom stereocenters. The van der Waals surface area contributed by atoms with Crippen LogP contribution >= 0.6 is 0 Å². The molecular formula is C17H22N4O3. The maximum absolute atomic E-state index is 12.3. The van der Waals surface area contributed by atoms with E-state index < -0.39 is 0 Å². The standard InChI is InChI=1S/C17H22N4O3/c1-20(2)16-11-13(5-7-18-16)3-4-14-12-21(9-10-23-14)17(22)15-6-8-19-24-15/h5-8,11,14H,3-4,9-10,12H2,1-2H3. The fourth-order valence-corrected chi connectivity index (χ4v) is 2.75. The second kappa shape index (κ2) is 7.44. The second-order valence-corrected chi connectivity index (χ2v) is 6.08. The molecule has 1 aliphatic heterocycles. The SMILES string of the molecule is CN(C)c1cc(CCC2CN(C(=O)c3ccno3)CCO2)ccn1. The number of hydrogen-bond donors (Lipinski definition) is 0. The molecule has 0 spiro atoms. The average molecular weight is 330 g/mol. The van der Waals surface area contributed by atoms with Gasteiger partial charge in [-0.1, -0.05) is 5.16 Å². The number of anilines is 1. The van der Waals surface area contributed by atoms with E-state index in [0.717, 1.165) is 18.7 Å². The summed E-state index contributed by atoms with van der Waals surface area (Å²) in [7, 11) is 3.95. The van der Waals surface area contributed by atoms with E-state index in [1.807, 2.05) is 31.3 Å². The number of amides is 1. The van der Waals surface area contributed by atoms with Gasteiger partial charge in [0.1, 0.15) is 5.82 Å². The van der Waals surface area contributed by atoms with Crippen LogP contribution in [0.25, 0.3) is 0 Å². The molecule has 0 N–H and O–H groups in total. The average Bonchev–Trinajstić information content (AvgIpc) is 3.14. The minimum Gasteiger partial charge on any atom is -0.375 e. The Morgan fingerprint density at radius 2 is 2.25 bits per heavy atom. The summed E-state index contributed by atoms with van der Waals surface area (Å²) in [5.41, 5.74) is 1.22. The number of morpholine rings is 1. The summed E-state index contributed by atoms with van der Waals surface area (Å²) in [5.74, 6) is 1.10. The van der Waals surface area contributed by atoms with Crippen LogP contribution in [0.5, 0.6) is 0 Å². The number of pyridine rings is 1. The number of ether oxygens (including phenoxy) is 1. The summed E-state index contributed by atoms with van der Waals surface area (Å²) in [6.45, 7) is 1.70. The van der Waals surface area contributed by atoms with E-state index in [9.17, 15) is 4.79 Å². The van der Waals surface area contributed by atoms with Crippen LogP contribution in [0, 0.1) is 0 Å². The van der Waals surface area contributed by atoms with Crippen molar-refractivity contribution in [2.24, 2.45) is 0 Å². The molecule has 24 heavy (non-hydrogen) atoms. The molecule has 1 aliphatic rings. The van der Waals surface area contributed by atoms with Gasteiger partial charge in [-0.3, -0.25) is 4.79 Å². The number of aryl methyl sites for hydroxylation is 1. The topological polar surface area (TPSA) is 71.7 Å². The number of aromatic nitrogens is 2. The predicted molar refractivity (Wildman–Crippen MR) is 89.0 cm³/mol. The summed E-state index contributed by atoms with van der Waals surface area (Å²) in [5, 5.41) is 3.59. The summed E-state index contributed by atoms with van der Waals surface area (Å²) in [6.07, 6.45) is 5.08. The van der Waals surface area contributed by atoms with E-state index in [1.54, 1.807) is 11.0 Å². The van der Waals surface area contributed by atoms with Crippen LogP contribution in [0.4, 0.5) is 5.82 Å². The van der Waals surface area contributed by atoms with E-state index in [2.05, 4.69) is 16.2 Å². The van der Waals surface area contributed by atoms with Gasteiger partial charge in [0.2, 0.25) is 5.76 Å². The van der Waals surface area contributed by atoms with E-state index in [-0.39, 0.29) is 17.8 Å². The molecule has 0 aromatic carbocycles. The first-order valence-corrected chi connectivity index (χ1v) is 8.07. The van der Waals surface area contributed by atoms with Crippen molar-refractivity contribution < 1.29 is 14.1 Å². The molecule has 2 aromatic heterocycles. The minimum atomic E-state index is -0.125. The molecule has 0 bridgehead atoms. The van der Waals surface area contributed by atoms with Gasteiger partial charge >= 0.3 is 0 Å². The lowest BCUT2D eigenvalue weighted by atomic mass is 10.1. The highest BCUT2D eigenvalue weighted by molar-refractivity contribution is 5.91. The van der Waals surface area contributed by atoms with Crippen LogP contribution in [0.15, 0.2) is 35.1 Å². The second-order valence-electron chi connectivity index (χ2n) is 6.08. The van der Waals surface area contributed by atoms with Crippen molar-refractivity contribution in [3.8, 4) is 0 Å². The molecule has 2 aromatic rings. The maximum Gasteiger partial charge on any atom is 0.292 e. The lowest BCUT2D eigenvalue weighted by Gasteiger charge is -2.32. The van der Waals surface area contributed by atoms with E-state index in [0.29, 0.717) is 19.7 Å². The minimum absolute atomic E-state index is 0.0293. The Hall–Kier alpha value is -2.41. The monoisotopic (exact) mass is 330 g/mol. The summed E-state index contributed by atoms with van der Waals surface area (Å²) in [4.78, 5) is 20.4. The third-order valence-corrected chi connectivity index (χ3v) is 4.10. The van der Waals surface area contributed by atoms with Gasteiger partial charge in [0.25, 0.3) is 5.91 Å². The van der Waals surface area contributed by atoms with Crippen LogP contribution in [0.1, 0.15) is 22.5 Å². The molecule has 0 radical (unpaired) electrons. The van der Waals surface area contributed by atoms with Gasteiger partial charge in [0, 0.05) is 39.4 Å². The van der Waals surface area contributed by atoms with Crippen molar-refractivity contribution in [3.63, 3.8) is 0 Å². The Morgan fingerprint density at radius 1 is 1.38 bits per heavy atom. The molecule has 0 aliphatic carbocycles. The maximum atomic E-state index is 12.3. The quantitative estimate of drug-likeness (QED) is 0.829. The van der Waals surface area contributed by atoms with Crippen LogP contribution in [0.3, 0.4) is 0 Å². The van der Waals surface area contributed by atoms with Gasteiger partial charge in [-0.25, -0.2) is 4.98 Å². The Balaban J connectivity index is 1.56. The van der Waals surface area contributed by atoms with E-state index in [1.165, 1.54) is 11.8 Å². The largest absolute Gasteiger partial charge is 0.375 e. The molecule has 1 fully saturated rings. The first-order chi connectivity index (χ1) is 11.6. The highest BCUT2D eigenvalue weighted by atomic mass is 16.5. The molecule has 3 heterocycles. The van der Waals surface area contributed by atoms with Gasteiger partial charge in [-0.2, -0.15) is 0 Å². The summed E-state index contributed by atoms with van der Waals surface area (Å²) >= 11 is 0. The summed E-state index contributed by atoms with van der Waals surface area (Å²) < 4.78 is 10.8. The Labute approximate surface area is 141 Å². The fourth-order valence-electron chi connectivity index (χ4n) is 2.75. The van der Waals surface area contributed by atoms with Gasteiger partial charge in [-0.15, -0.1) is 0 Å². The third kappa shape index (κ3) is 3.91. The summed E-state index contributed by atoms with van der Waals surface area (Å²) in [6, 6.07) is 5.69. The molecule has 1 amide bonds. The smallest absolute Gasteiger partial charge is 0.292 e. The van der Waals surface area contributed by atoms with Crippen molar-refractivity contribution in [1.29, 1.82) is 0 Å². The lowest BCUT2D eigenvalue weighted by molar-refractivity contribution is -0.0257. The highest BCUT2D eigenvalue weighted by Gasteiger charge is 2.26. The predicted octanol–water partition coefficient (Wildman–Crippen LogP) is 1.61. The first kappa shape index (κ1) is 16.4.